The lowest BCUT2D eigenvalue weighted by Crippen LogP contribution is -2.06. The van der Waals surface area contributed by atoms with Gasteiger partial charge in [0.2, 0.25) is 0 Å². The molecule has 0 spiro atoms. The molecular formula is C13H8N2O. The zero-order chi connectivity index (χ0) is 11.5. The topological polar surface area (TPSA) is 64.7 Å². The van der Waals surface area contributed by atoms with E-state index in [9.17, 15) is 4.79 Å². The predicted octanol–water partition coefficient (Wildman–Crippen LogP) is 2.02. The molecule has 1 aromatic carbocycles. The fourth-order valence-electron chi connectivity index (χ4n) is 1.90. The highest BCUT2D eigenvalue weighted by atomic mass is 16.1. The van der Waals surface area contributed by atoms with Gasteiger partial charge in [0, 0.05) is 11.5 Å². The van der Waals surface area contributed by atoms with Crippen molar-refractivity contribution in [2.75, 3.05) is 0 Å². The van der Waals surface area contributed by atoms with E-state index in [0.717, 1.165) is 5.56 Å². The third-order valence-electron chi connectivity index (χ3n) is 2.67. The first kappa shape index (κ1) is 10.1. The van der Waals surface area contributed by atoms with Gasteiger partial charge in [-0.05, 0) is 18.1 Å². The van der Waals surface area contributed by atoms with Crippen molar-refractivity contribution in [2.24, 2.45) is 5.92 Å². The summed E-state index contributed by atoms with van der Waals surface area (Å²) in [5.74, 6) is -0.356. The van der Waals surface area contributed by atoms with Crippen LogP contribution in [0.5, 0.6) is 0 Å². The maximum Gasteiger partial charge on any atom is 0.170 e. The van der Waals surface area contributed by atoms with Crippen molar-refractivity contribution >= 4 is 5.78 Å². The maximum atomic E-state index is 11.9. The Bertz CT molecular complexity index is 542. The summed E-state index contributed by atoms with van der Waals surface area (Å²) in [4.78, 5) is 11.9. The molecule has 0 heterocycles. The molecule has 1 atom stereocenters. The molecular weight excluding hydrogens is 200 g/mol. The van der Waals surface area contributed by atoms with Gasteiger partial charge in [-0.25, -0.2) is 0 Å². The second kappa shape index (κ2) is 4.00. The Balaban J connectivity index is 2.34. The summed E-state index contributed by atoms with van der Waals surface area (Å²) in [5, 5.41) is 17.3. The fraction of sp³-hybridized carbons (Fsp3) is 0.154. The molecule has 0 saturated heterocycles. The van der Waals surface area contributed by atoms with Gasteiger partial charge < -0.3 is 0 Å². The van der Waals surface area contributed by atoms with Crippen LogP contribution in [0.25, 0.3) is 0 Å². The van der Waals surface area contributed by atoms with Crippen molar-refractivity contribution < 1.29 is 4.79 Å². The van der Waals surface area contributed by atoms with Crippen LogP contribution in [-0.4, -0.2) is 5.78 Å². The van der Waals surface area contributed by atoms with Crippen LogP contribution in [0.1, 0.15) is 15.9 Å². The zero-order valence-electron chi connectivity index (χ0n) is 8.47. The molecule has 3 heteroatoms. The Morgan fingerprint density at radius 2 is 2.00 bits per heavy atom. The second-order valence-electron chi connectivity index (χ2n) is 3.64. The summed E-state index contributed by atoms with van der Waals surface area (Å²) < 4.78 is 0. The highest BCUT2D eigenvalue weighted by Crippen LogP contribution is 2.27. The molecule has 1 unspecified atom stereocenters. The average molecular weight is 208 g/mol. The number of hydrogen-bond acceptors (Lipinski definition) is 3. The summed E-state index contributed by atoms with van der Waals surface area (Å²) in [6.45, 7) is 0. The van der Waals surface area contributed by atoms with Crippen LogP contribution < -0.4 is 0 Å². The van der Waals surface area contributed by atoms with E-state index in [2.05, 4.69) is 0 Å². The summed E-state index contributed by atoms with van der Waals surface area (Å²) in [6, 6.07) is 10.9. The number of allylic oxidation sites excluding steroid dienone is 2. The molecule has 3 nitrogen and oxygen atoms in total. The van der Waals surface area contributed by atoms with Crippen LogP contribution in [0, 0.1) is 28.6 Å². The number of Topliss-reactive ketones (excluding diaryl/α,β-unsaturated/α-hetero) is 1. The van der Waals surface area contributed by atoms with Crippen LogP contribution in [0.15, 0.2) is 35.9 Å². The van der Waals surface area contributed by atoms with Gasteiger partial charge in [-0.15, -0.1) is 0 Å². The van der Waals surface area contributed by atoms with Crippen LogP contribution in [0.2, 0.25) is 0 Å². The number of benzene rings is 1. The Morgan fingerprint density at radius 1 is 1.31 bits per heavy atom. The monoisotopic (exact) mass is 208 g/mol. The quantitative estimate of drug-likeness (QED) is 0.663. The number of carbonyl (C=O) groups is 1. The molecule has 0 N–H and O–H groups in total. The van der Waals surface area contributed by atoms with E-state index < -0.39 is 0 Å². The van der Waals surface area contributed by atoms with E-state index in [-0.39, 0.29) is 17.3 Å². The van der Waals surface area contributed by atoms with E-state index >= 15 is 0 Å². The van der Waals surface area contributed by atoms with Gasteiger partial charge in [-0.3, -0.25) is 4.79 Å². The number of fused-ring (bicyclic) bond motifs is 1. The molecule has 76 valence electrons. The molecule has 0 aliphatic heterocycles. The lowest BCUT2D eigenvalue weighted by atomic mass is 10.0. The number of rotatable bonds is 1. The molecule has 2 rings (SSSR count). The standard InChI is InChI=1S/C13H8N2O/c14-7-9(8-15)5-11-6-10-3-1-2-4-12(10)13(11)16/h1-5,11H,6H2. The lowest BCUT2D eigenvalue weighted by Gasteiger charge is -1.98. The van der Waals surface area contributed by atoms with Crippen LogP contribution in [0.4, 0.5) is 0 Å². The van der Waals surface area contributed by atoms with E-state index in [1.54, 1.807) is 18.2 Å². The summed E-state index contributed by atoms with van der Waals surface area (Å²) >= 11 is 0. The summed E-state index contributed by atoms with van der Waals surface area (Å²) in [7, 11) is 0. The molecule has 0 aromatic heterocycles. The van der Waals surface area contributed by atoms with Crippen molar-refractivity contribution in [3.63, 3.8) is 0 Å². The van der Waals surface area contributed by atoms with Gasteiger partial charge in [-0.2, -0.15) is 10.5 Å². The van der Waals surface area contributed by atoms with Gasteiger partial charge in [-0.1, -0.05) is 24.3 Å². The largest absolute Gasteiger partial charge is 0.293 e. The Hall–Kier alpha value is -2.39. The van der Waals surface area contributed by atoms with Gasteiger partial charge in [0.25, 0.3) is 0 Å². The maximum absolute atomic E-state index is 11.9. The number of nitrogens with zero attached hydrogens (tertiary/aromatic N) is 2. The fourth-order valence-corrected chi connectivity index (χ4v) is 1.90. The third-order valence-corrected chi connectivity index (χ3v) is 2.67. The lowest BCUT2D eigenvalue weighted by molar-refractivity contribution is 0.0960. The molecule has 0 saturated carbocycles. The van der Waals surface area contributed by atoms with E-state index in [0.29, 0.717) is 12.0 Å². The molecule has 0 radical (unpaired) electrons. The highest BCUT2D eigenvalue weighted by Gasteiger charge is 2.28. The van der Waals surface area contributed by atoms with Crippen molar-refractivity contribution in [3.05, 3.63) is 47.0 Å². The van der Waals surface area contributed by atoms with Crippen LogP contribution >= 0.6 is 0 Å². The Kier molecular flexibility index (Phi) is 2.54. The van der Waals surface area contributed by atoms with Crippen molar-refractivity contribution in [1.29, 1.82) is 10.5 Å². The van der Waals surface area contributed by atoms with E-state index in [1.807, 2.05) is 18.2 Å². The first-order valence-corrected chi connectivity index (χ1v) is 4.90. The zero-order valence-corrected chi connectivity index (χ0v) is 8.47. The minimum Gasteiger partial charge on any atom is -0.293 e. The molecule has 1 aliphatic carbocycles. The molecule has 0 bridgehead atoms. The normalized spacial score (nSPS) is 17.1. The minimum atomic E-state index is -0.355. The van der Waals surface area contributed by atoms with Gasteiger partial charge >= 0.3 is 0 Å². The SMILES string of the molecule is N#CC(C#N)=CC1Cc2ccccc2C1=O. The van der Waals surface area contributed by atoms with Crippen molar-refractivity contribution in [1.82, 2.24) is 0 Å². The number of carbonyl (C=O) groups excluding carboxylic acids is 1. The van der Waals surface area contributed by atoms with E-state index in [1.165, 1.54) is 6.08 Å². The van der Waals surface area contributed by atoms with Gasteiger partial charge in [0.05, 0.1) is 0 Å². The average Bonchev–Trinajstić information content (AvgIpc) is 2.64. The minimum absolute atomic E-state index is 0.00130. The van der Waals surface area contributed by atoms with Crippen LogP contribution in [0.3, 0.4) is 0 Å². The van der Waals surface area contributed by atoms with Gasteiger partial charge in [0.1, 0.15) is 17.7 Å². The molecule has 0 fully saturated rings. The molecule has 16 heavy (non-hydrogen) atoms. The molecule has 1 aromatic rings. The summed E-state index contributed by atoms with van der Waals surface area (Å²) in [5.41, 5.74) is 1.70. The Labute approximate surface area is 93.2 Å². The number of nitriles is 2. The van der Waals surface area contributed by atoms with Crippen molar-refractivity contribution in [3.8, 4) is 12.1 Å². The smallest absolute Gasteiger partial charge is 0.170 e. The second-order valence-corrected chi connectivity index (χ2v) is 3.64. The number of hydrogen-bond donors (Lipinski definition) is 0. The van der Waals surface area contributed by atoms with Gasteiger partial charge in [0.15, 0.2) is 5.78 Å². The molecule has 1 aliphatic rings. The van der Waals surface area contributed by atoms with E-state index in [4.69, 9.17) is 10.5 Å². The predicted molar refractivity (Wildman–Crippen MR) is 57.3 cm³/mol. The van der Waals surface area contributed by atoms with Crippen LogP contribution in [-0.2, 0) is 6.42 Å². The highest BCUT2D eigenvalue weighted by molar-refractivity contribution is 6.03. The molecule has 0 amide bonds. The number of ketones is 1. The first-order chi connectivity index (χ1) is 7.76. The first-order valence-electron chi connectivity index (χ1n) is 4.90. The summed E-state index contributed by atoms with van der Waals surface area (Å²) in [6.07, 6.45) is 2.05. The Morgan fingerprint density at radius 3 is 2.62 bits per heavy atom. The van der Waals surface area contributed by atoms with Crippen molar-refractivity contribution in [2.45, 2.75) is 6.42 Å². The third kappa shape index (κ3) is 1.60.